The molecule has 7 heteroatoms. The van der Waals surface area contributed by atoms with E-state index in [0.717, 1.165) is 10.4 Å². The molecule has 0 aliphatic carbocycles. The fourth-order valence-corrected chi connectivity index (χ4v) is 3.06. The van der Waals surface area contributed by atoms with Gasteiger partial charge in [-0.3, -0.25) is 0 Å². The largest absolute Gasteiger partial charge is 0.347 e. The van der Waals surface area contributed by atoms with Crippen LogP contribution in [-0.2, 0) is 16.6 Å². The van der Waals surface area contributed by atoms with Crippen LogP contribution >= 0.6 is 0 Å². The van der Waals surface area contributed by atoms with Crippen molar-refractivity contribution >= 4 is 10.0 Å². The van der Waals surface area contributed by atoms with Gasteiger partial charge in [0.25, 0.3) is 0 Å². The first-order chi connectivity index (χ1) is 8.91. The molecule has 0 unspecified atom stereocenters. The number of H-pyrrole nitrogens is 1. The quantitative estimate of drug-likeness (QED) is 0.928. The Labute approximate surface area is 111 Å². The van der Waals surface area contributed by atoms with E-state index in [-0.39, 0.29) is 11.4 Å². The molecule has 2 rings (SSSR count). The fraction of sp³-hybridized carbons (Fsp3) is 0.250. The second kappa shape index (κ2) is 5.10. The highest BCUT2D eigenvalue weighted by Crippen LogP contribution is 2.20. The summed E-state index contributed by atoms with van der Waals surface area (Å²) in [5.74, 6) is -0.0456. The molecule has 102 valence electrons. The molecule has 0 fully saturated rings. The fourth-order valence-electron chi connectivity index (χ4n) is 1.70. The Bertz CT molecular complexity index is 668. The molecule has 0 aliphatic heterocycles. The Hall–Kier alpha value is -1.73. The number of aromatic amines is 1. The van der Waals surface area contributed by atoms with Crippen LogP contribution in [0.4, 0.5) is 4.39 Å². The molecule has 1 N–H and O–H groups in total. The van der Waals surface area contributed by atoms with Crippen molar-refractivity contribution in [3.05, 3.63) is 47.8 Å². The normalized spacial score (nSPS) is 12.0. The molecule has 1 heterocycles. The zero-order valence-corrected chi connectivity index (χ0v) is 11.4. The summed E-state index contributed by atoms with van der Waals surface area (Å²) in [6.07, 6.45) is 3.16. The minimum Gasteiger partial charge on any atom is -0.347 e. The van der Waals surface area contributed by atoms with Crippen LogP contribution in [0.1, 0.15) is 11.4 Å². The van der Waals surface area contributed by atoms with Gasteiger partial charge in [-0.15, -0.1) is 0 Å². The lowest BCUT2D eigenvalue weighted by Gasteiger charge is -2.17. The van der Waals surface area contributed by atoms with Crippen molar-refractivity contribution in [2.75, 3.05) is 7.05 Å². The van der Waals surface area contributed by atoms with Crippen LogP contribution in [0.2, 0.25) is 0 Å². The van der Waals surface area contributed by atoms with E-state index in [0.29, 0.717) is 11.4 Å². The Morgan fingerprint density at radius 1 is 1.42 bits per heavy atom. The van der Waals surface area contributed by atoms with E-state index in [2.05, 4.69) is 9.97 Å². The van der Waals surface area contributed by atoms with Crippen LogP contribution in [0.3, 0.4) is 0 Å². The molecule has 5 nitrogen and oxygen atoms in total. The van der Waals surface area contributed by atoms with Gasteiger partial charge < -0.3 is 4.98 Å². The molecular formula is C12H14FN3O2S. The van der Waals surface area contributed by atoms with Gasteiger partial charge in [-0.25, -0.2) is 17.8 Å². The number of sulfonamides is 1. The number of aryl methyl sites for hydroxylation is 1. The molecule has 0 bridgehead atoms. The SMILES string of the molecule is Cc1ccc(F)cc1S(=O)(=O)N(C)Cc1ncc[nH]1. The van der Waals surface area contributed by atoms with Crippen LogP contribution < -0.4 is 0 Å². The van der Waals surface area contributed by atoms with E-state index in [4.69, 9.17) is 0 Å². The molecule has 0 spiro atoms. The molecule has 19 heavy (non-hydrogen) atoms. The smallest absolute Gasteiger partial charge is 0.243 e. The van der Waals surface area contributed by atoms with Crippen LogP contribution in [-0.4, -0.2) is 29.7 Å². The standard InChI is InChI=1S/C12H14FN3O2S/c1-9-3-4-10(13)7-11(9)19(17,18)16(2)8-12-14-5-6-15-12/h3-7H,8H2,1-2H3,(H,14,15). The van der Waals surface area contributed by atoms with Crippen LogP contribution in [0, 0.1) is 12.7 Å². The predicted octanol–water partition coefficient (Wildman–Crippen LogP) is 1.68. The van der Waals surface area contributed by atoms with E-state index in [1.165, 1.54) is 19.2 Å². The summed E-state index contributed by atoms with van der Waals surface area (Å²) in [6.45, 7) is 1.73. The van der Waals surface area contributed by atoms with Crippen molar-refractivity contribution in [3.63, 3.8) is 0 Å². The zero-order valence-electron chi connectivity index (χ0n) is 10.6. The summed E-state index contributed by atoms with van der Waals surface area (Å²) in [5, 5.41) is 0. The third kappa shape index (κ3) is 2.82. The maximum atomic E-state index is 13.2. The Morgan fingerprint density at radius 2 is 2.16 bits per heavy atom. The third-order valence-corrected chi connectivity index (χ3v) is 4.71. The van der Waals surface area contributed by atoms with Crippen LogP contribution in [0.25, 0.3) is 0 Å². The molecule has 0 radical (unpaired) electrons. The predicted molar refractivity (Wildman–Crippen MR) is 68.4 cm³/mol. The summed E-state index contributed by atoms with van der Waals surface area (Å²) < 4.78 is 39.0. The maximum absolute atomic E-state index is 13.2. The summed E-state index contributed by atoms with van der Waals surface area (Å²) >= 11 is 0. The average molecular weight is 283 g/mol. The second-order valence-corrected chi connectivity index (χ2v) is 6.22. The molecular weight excluding hydrogens is 269 g/mol. The average Bonchev–Trinajstić information content (AvgIpc) is 2.85. The number of halogens is 1. The van der Waals surface area contributed by atoms with E-state index in [1.54, 1.807) is 19.3 Å². The van der Waals surface area contributed by atoms with Crippen LogP contribution in [0.15, 0.2) is 35.5 Å². The summed E-state index contributed by atoms with van der Waals surface area (Å²) in [7, 11) is -2.30. The minimum atomic E-state index is -3.73. The van der Waals surface area contributed by atoms with Gasteiger partial charge in [0.1, 0.15) is 11.6 Å². The van der Waals surface area contributed by atoms with E-state index < -0.39 is 15.8 Å². The van der Waals surface area contributed by atoms with Gasteiger partial charge in [-0.2, -0.15) is 4.31 Å². The van der Waals surface area contributed by atoms with E-state index >= 15 is 0 Å². The summed E-state index contributed by atoms with van der Waals surface area (Å²) in [6, 6.07) is 3.72. The number of imidazole rings is 1. The van der Waals surface area contributed by atoms with Gasteiger partial charge in [0.15, 0.2) is 0 Å². The van der Waals surface area contributed by atoms with Gasteiger partial charge in [0, 0.05) is 19.4 Å². The molecule has 0 atom stereocenters. The number of rotatable bonds is 4. The van der Waals surface area contributed by atoms with Crippen molar-refractivity contribution in [1.82, 2.24) is 14.3 Å². The van der Waals surface area contributed by atoms with Crippen molar-refractivity contribution in [3.8, 4) is 0 Å². The monoisotopic (exact) mass is 283 g/mol. The zero-order chi connectivity index (χ0) is 14.0. The lowest BCUT2D eigenvalue weighted by atomic mass is 10.2. The van der Waals surface area contributed by atoms with Gasteiger partial charge >= 0.3 is 0 Å². The Kier molecular flexibility index (Phi) is 3.68. The lowest BCUT2D eigenvalue weighted by Crippen LogP contribution is -2.27. The number of hydrogen-bond donors (Lipinski definition) is 1. The second-order valence-electron chi connectivity index (χ2n) is 4.21. The van der Waals surface area contributed by atoms with Crippen molar-refractivity contribution in [2.45, 2.75) is 18.4 Å². The van der Waals surface area contributed by atoms with E-state index in [1.807, 2.05) is 0 Å². The van der Waals surface area contributed by atoms with Gasteiger partial charge in [0.05, 0.1) is 11.4 Å². The highest BCUT2D eigenvalue weighted by molar-refractivity contribution is 7.89. The number of hydrogen-bond acceptors (Lipinski definition) is 3. The van der Waals surface area contributed by atoms with Crippen molar-refractivity contribution in [1.29, 1.82) is 0 Å². The Balaban J connectivity index is 2.33. The molecule has 1 aromatic heterocycles. The third-order valence-electron chi connectivity index (χ3n) is 2.77. The summed E-state index contributed by atoms with van der Waals surface area (Å²) in [5.41, 5.74) is 0.507. The number of nitrogens with zero attached hydrogens (tertiary/aromatic N) is 2. The molecule has 1 aromatic carbocycles. The van der Waals surface area contributed by atoms with Gasteiger partial charge in [0.2, 0.25) is 10.0 Å². The molecule has 0 amide bonds. The topological polar surface area (TPSA) is 66.1 Å². The molecule has 2 aromatic rings. The minimum absolute atomic E-state index is 0.0263. The van der Waals surface area contributed by atoms with E-state index in [9.17, 15) is 12.8 Å². The highest BCUT2D eigenvalue weighted by atomic mass is 32.2. The lowest BCUT2D eigenvalue weighted by molar-refractivity contribution is 0.457. The maximum Gasteiger partial charge on any atom is 0.243 e. The first kappa shape index (κ1) is 13.7. The first-order valence-corrected chi connectivity index (χ1v) is 7.06. The number of benzene rings is 1. The van der Waals surface area contributed by atoms with Gasteiger partial charge in [-0.05, 0) is 24.6 Å². The first-order valence-electron chi connectivity index (χ1n) is 5.62. The Morgan fingerprint density at radius 3 is 2.79 bits per heavy atom. The highest BCUT2D eigenvalue weighted by Gasteiger charge is 2.24. The molecule has 0 saturated heterocycles. The van der Waals surface area contributed by atoms with Crippen molar-refractivity contribution in [2.24, 2.45) is 0 Å². The summed E-state index contributed by atoms with van der Waals surface area (Å²) in [4.78, 5) is 6.77. The van der Waals surface area contributed by atoms with Crippen LogP contribution in [0.5, 0.6) is 0 Å². The van der Waals surface area contributed by atoms with Gasteiger partial charge in [-0.1, -0.05) is 6.07 Å². The number of nitrogens with one attached hydrogen (secondary N) is 1. The molecule has 0 saturated carbocycles. The van der Waals surface area contributed by atoms with Crippen molar-refractivity contribution < 1.29 is 12.8 Å². The number of aromatic nitrogens is 2. The molecule has 0 aliphatic rings.